The smallest absolute Gasteiger partial charge is 0.265 e. The Morgan fingerprint density at radius 1 is 1.60 bits per heavy atom. The summed E-state index contributed by atoms with van der Waals surface area (Å²) in [5.74, 6) is 0.332. The molecule has 1 rings (SSSR count). The highest BCUT2D eigenvalue weighted by atomic mass is 35.5. The second kappa shape index (κ2) is 7.50. The molecule has 0 radical (unpaired) electrons. The number of amides is 1. The highest BCUT2D eigenvalue weighted by molar-refractivity contribution is 7.13. The van der Waals surface area contributed by atoms with Gasteiger partial charge in [0.15, 0.2) is 0 Å². The number of carbonyl (C=O) groups excluding carboxylic acids is 1. The number of thiophene rings is 1. The van der Waals surface area contributed by atoms with Crippen LogP contribution in [0.4, 0.5) is 0 Å². The van der Waals surface area contributed by atoms with E-state index in [0.717, 1.165) is 5.56 Å². The van der Waals surface area contributed by atoms with Gasteiger partial charge in [-0.05, 0) is 23.8 Å². The van der Waals surface area contributed by atoms with E-state index >= 15 is 0 Å². The van der Waals surface area contributed by atoms with Crippen LogP contribution in [-0.4, -0.2) is 34.9 Å². The molecule has 0 atom stereocenters. The number of hydrogen-bond donors (Lipinski definition) is 2. The molecule has 0 spiro atoms. The van der Waals surface area contributed by atoms with Gasteiger partial charge in [0.2, 0.25) is 0 Å². The first-order valence-electron chi connectivity index (χ1n) is 6.36. The fourth-order valence-corrected chi connectivity index (χ4v) is 2.97. The zero-order valence-corrected chi connectivity index (χ0v) is 13.5. The Labute approximate surface area is 128 Å². The first-order valence-corrected chi connectivity index (χ1v) is 7.61. The summed E-state index contributed by atoms with van der Waals surface area (Å²) in [6.07, 6.45) is 0.330. The van der Waals surface area contributed by atoms with Crippen molar-refractivity contribution in [1.82, 2.24) is 4.90 Å². The molecular formula is C13H20ClN3O2S. The largest absolute Gasteiger partial charge is 0.409 e. The fourth-order valence-electron chi connectivity index (χ4n) is 1.73. The van der Waals surface area contributed by atoms with E-state index in [-0.39, 0.29) is 11.7 Å². The predicted molar refractivity (Wildman–Crippen MR) is 82.8 cm³/mol. The topological polar surface area (TPSA) is 78.9 Å². The molecule has 20 heavy (non-hydrogen) atoms. The molecule has 3 N–H and O–H groups in total. The third-order valence-corrected chi connectivity index (χ3v) is 4.42. The van der Waals surface area contributed by atoms with E-state index in [1.165, 1.54) is 11.3 Å². The van der Waals surface area contributed by atoms with Crippen molar-refractivity contribution < 1.29 is 10.0 Å². The maximum atomic E-state index is 12.5. The van der Waals surface area contributed by atoms with Crippen molar-refractivity contribution in [2.75, 3.05) is 13.1 Å². The average molecular weight is 318 g/mol. The van der Waals surface area contributed by atoms with Crippen molar-refractivity contribution in [2.24, 2.45) is 16.8 Å². The van der Waals surface area contributed by atoms with Gasteiger partial charge in [-0.1, -0.05) is 30.6 Å². The monoisotopic (exact) mass is 317 g/mol. The number of hydrogen-bond acceptors (Lipinski definition) is 4. The number of halogens is 1. The Hall–Kier alpha value is -1.27. The Morgan fingerprint density at radius 2 is 2.25 bits per heavy atom. The van der Waals surface area contributed by atoms with E-state index in [0.29, 0.717) is 35.3 Å². The van der Waals surface area contributed by atoms with Crippen LogP contribution in [0.25, 0.3) is 0 Å². The lowest BCUT2D eigenvalue weighted by atomic mass is 10.2. The molecule has 0 aliphatic carbocycles. The third kappa shape index (κ3) is 4.38. The molecule has 0 fully saturated rings. The predicted octanol–water partition coefficient (Wildman–Crippen LogP) is 2.94. The molecule has 0 aliphatic rings. The van der Waals surface area contributed by atoms with Gasteiger partial charge in [0.25, 0.3) is 5.91 Å². The second-order valence-corrected chi connectivity index (χ2v) is 6.31. The fraction of sp³-hybridized carbons (Fsp3) is 0.538. The highest BCUT2D eigenvalue weighted by Gasteiger charge is 2.22. The molecule has 0 saturated heterocycles. The molecule has 5 nitrogen and oxygen atoms in total. The summed E-state index contributed by atoms with van der Waals surface area (Å²) in [7, 11) is 0. The number of nitrogens with zero attached hydrogens (tertiary/aromatic N) is 2. The van der Waals surface area contributed by atoms with Crippen LogP contribution in [0.15, 0.2) is 10.5 Å². The van der Waals surface area contributed by atoms with E-state index in [4.69, 9.17) is 22.5 Å². The molecule has 0 aliphatic heterocycles. The van der Waals surface area contributed by atoms with E-state index in [1.807, 2.05) is 26.2 Å². The maximum Gasteiger partial charge on any atom is 0.265 e. The van der Waals surface area contributed by atoms with Gasteiger partial charge < -0.3 is 15.8 Å². The number of rotatable bonds is 6. The van der Waals surface area contributed by atoms with Crippen LogP contribution >= 0.6 is 22.9 Å². The van der Waals surface area contributed by atoms with Gasteiger partial charge in [-0.3, -0.25) is 4.79 Å². The van der Waals surface area contributed by atoms with Gasteiger partial charge in [0.1, 0.15) is 10.7 Å². The average Bonchev–Trinajstić information content (AvgIpc) is 2.73. The first kappa shape index (κ1) is 16.8. The van der Waals surface area contributed by atoms with Crippen LogP contribution in [0.2, 0.25) is 5.02 Å². The van der Waals surface area contributed by atoms with E-state index in [9.17, 15) is 4.79 Å². The number of carbonyl (C=O) groups is 1. The van der Waals surface area contributed by atoms with Crippen LogP contribution < -0.4 is 5.73 Å². The van der Waals surface area contributed by atoms with E-state index < -0.39 is 0 Å². The van der Waals surface area contributed by atoms with Crippen molar-refractivity contribution in [2.45, 2.75) is 27.2 Å². The lowest BCUT2D eigenvalue weighted by Gasteiger charge is -2.24. The molecule has 0 saturated carbocycles. The van der Waals surface area contributed by atoms with Crippen molar-refractivity contribution in [3.63, 3.8) is 0 Å². The van der Waals surface area contributed by atoms with Crippen molar-refractivity contribution >= 4 is 34.7 Å². The second-order valence-electron chi connectivity index (χ2n) is 5.05. The quantitative estimate of drug-likeness (QED) is 0.366. The minimum absolute atomic E-state index is 0.104. The SMILES string of the molecule is Cc1csc(C(=O)N(CC/C(N)=N/O)CC(C)C)c1Cl. The van der Waals surface area contributed by atoms with Crippen LogP contribution in [0, 0.1) is 12.8 Å². The zero-order chi connectivity index (χ0) is 15.3. The third-order valence-electron chi connectivity index (χ3n) is 2.73. The Kier molecular flexibility index (Phi) is 6.29. The van der Waals surface area contributed by atoms with Crippen molar-refractivity contribution in [3.05, 3.63) is 20.8 Å². The Balaban J connectivity index is 2.87. The Morgan fingerprint density at radius 3 is 2.70 bits per heavy atom. The van der Waals surface area contributed by atoms with Gasteiger partial charge >= 0.3 is 0 Å². The summed E-state index contributed by atoms with van der Waals surface area (Å²) in [6.45, 7) is 6.94. The number of aryl methyl sites for hydroxylation is 1. The van der Waals surface area contributed by atoms with Crippen LogP contribution in [0.1, 0.15) is 35.5 Å². The normalized spacial score (nSPS) is 11.9. The summed E-state index contributed by atoms with van der Waals surface area (Å²) in [6, 6.07) is 0. The lowest BCUT2D eigenvalue weighted by Crippen LogP contribution is -2.36. The first-order chi connectivity index (χ1) is 9.36. The lowest BCUT2D eigenvalue weighted by molar-refractivity contribution is 0.0745. The maximum absolute atomic E-state index is 12.5. The summed E-state index contributed by atoms with van der Waals surface area (Å²) in [4.78, 5) is 14.8. The van der Waals surface area contributed by atoms with Crippen LogP contribution in [0.5, 0.6) is 0 Å². The minimum atomic E-state index is -0.104. The van der Waals surface area contributed by atoms with Gasteiger partial charge in [0.05, 0.1) is 5.02 Å². The Bertz CT molecular complexity index is 500. The zero-order valence-electron chi connectivity index (χ0n) is 11.9. The molecule has 112 valence electrons. The highest BCUT2D eigenvalue weighted by Crippen LogP contribution is 2.28. The summed E-state index contributed by atoms with van der Waals surface area (Å²) in [5, 5.41) is 13.9. The van der Waals surface area contributed by atoms with Gasteiger partial charge in [-0.2, -0.15) is 0 Å². The standard InChI is InChI=1S/C13H20ClN3O2S/c1-8(2)6-17(5-4-10(15)16-19)13(18)12-11(14)9(3)7-20-12/h7-8,19H,4-6H2,1-3H3,(H2,15,16). The minimum Gasteiger partial charge on any atom is -0.409 e. The molecule has 1 aromatic rings. The molecule has 0 bridgehead atoms. The molecular weight excluding hydrogens is 298 g/mol. The molecule has 1 heterocycles. The summed E-state index contributed by atoms with van der Waals surface area (Å²) >= 11 is 7.49. The number of oxime groups is 1. The van der Waals surface area contributed by atoms with E-state index in [2.05, 4.69) is 5.16 Å². The van der Waals surface area contributed by atoms with Crippen molar-refractivity contribution in [3.8, 4) is 0 Å². The molecule has 0 aromatic carbocycles. The molecule has 1 amide bonds. The molecule has 7 heteroatoms. The van der Waals surface area contributed by atoms with Crippen LogP contribution in [-0.2, 0) is 0 Å². The van der Waals surface area contributed by atoms with Crippen molar-refractivity contribution in [1.29, 1.82) is 0 Å². The van der Waals surface area contributed by atoms with Gasteiger partial charge in [0, 0.05) is 19.5 Å². The molecule has 1 aromatic heterocycles. The van der Waals surface area contributed by atoms with Gasteiger partial charge in [-0.25, -0.2) is 0 Å². The van der Waals surface area contributed by atoms with Gasteiger partial charge in [-0.15, -0.1) is 11.3 Å². The summed E-state index contributed by atoms with van der Waals surface area (Å²) in [5.41, 5.74) is 6.37. The van der Waals surface area contributed by atoms with Crippen LogP contribution in [0.3, 0.4) is 0 Å². The number of nitrogens with two attached hydrogens (primary N) is 1. The molecule has 0 unspecified atom stereocenters. The number of amidine groups is 1. The van der Waals surface area contributed by atoms with E-state index in [1.54, 1.807) is 4.90 Å². The summed E-state index contributed by atoms with van der Waals surface area (Å²) < 4.78 is 0.